The monoisotopic (exact) mass is 530 g/mol. The predicted octanol–water partition coefficient (Wildman–Crippen LogP) is 5.69. The van der Waals surface area contributed by atoms with Crippen LogP contribution in [0, 0.1) is 12.8 Å². The van der Waals surface area contributed by atoms with Gasteiger partial charge in [0.05, 0.1) is 18.3 Å². The van der Waals surface area contributed by atoms with Gasteiger partial charge in [0, 0.05) is 29.8 Å². The molecular weight excluding hydrogens is 488 g/mol. The van der Waals surface area contributed by atoms with E-state index in [1.165, 1.54) is 38.5 Å². The van der Waals surface area contributed by atoms with Gasteiger partial charge in [-0.25, -0.2) is 4.98 Å². The first-order valence-electron chi connectivity index (χ1n) is 15.0. The molecule has 3 saturated carbocycles. The molecule has 2 atom stereocenters. The lowest BCUT2D eigenvalue weighted by Crippen LogP contribution is -2.36. The number of aryl methyl sites for hydroxylation is 1. The van der Waals surface area contributed by atoms with Gasteiger partial charge in [0.15, 0.2) is 5.65 Å². The van der Waals surface area contributed by atoms with E-state index in [0.29, 0.717) is 12.0 Å². The maximum absolute atomic E-state index is 12.7. The second kappa shape index (κ2) is 11.5. The van der Waals surface area contributed by atoms with Gasteiger partial charge in [-0.2, -0.15) is 9.61 Å². The molecular formula is C31H42N6O2. The average Bonchev–Trinajstić information content (AvgIpc) is 3.70. The molecule has 3 fully saturated rings. The zero-order chi connectivity index (χ0) is 26.8. The number of carbonyl (C=O) groups is 1. The first kappa shape index (κ1) is 26.1. The van der Waals surface area contributed by atoms with Crippen LogP contribution >= 0.6 is 0 Å². The molecule has 2 aromatic heterocycles. The summed E-state index contributed by atoms with van der Waals surface area (Å²) in [5.41, 5.74) is 4.34. The van der Waals surface area contributed by atoms with E-state index in [1.54, 1.807) is 0 Å². The molecule has 0 radical (unpaired) electrons. The number of carbonyl (C=O) groups excluding carboxylic acids is 1. The fourth-order valence-electron chi connectivity index (χ4n) is 6.23. The fourth-order valence-corrected chi connectivity index (χ4v) is 6.23. The number of amides is 1. The summed E-state index contributed by atoms with van der Waals surface area (Å²) < 4.78 is 1.90. The van der Waals surface area contributed by atoms with Crippen LogP contribution in [0.25, 0.3) is 16.8 Å². The van der Waals surface area contributed by atoms with Gasteiger partial charge in [0.25, 0.3) is 5.91 Å². The molecule has 0 bridgehead atoms. The second-order valence-corrected chi connectivity index (χ2v) is 11.9. The summed E-state index contributed by atoms with van der Waals surface area (Å²) >= 11 is 0. The number of hydrogen-bond acceptors (Lipinski definition) is 6. The van der Waals surface area contributed by atoms with Crippen LogP contribution in [0.15, 0.2) is 30.5 Å². The zero-order valence-electron chi connectivity index (χ0n) is 23.1. The number of benzene rings is 1. The summed E-state index contributed by atoms with van der Waals surface area (Å²) in [6.07, 6.45) is 15.4. The summed E-state index contributed by atoms with van der Waals surface area (Å²) in [5, 5.41) is 25.7. The lowest BCUT2D eigenvalue weighted by molar-refractivity contribution is 0.0950. The van der Waals surface area contributed by atoms with Crippen molar-refractivity contribution < 1.29 is 9.90 Å². The van der Waals surface area contributed by atoms with Crippen molar-refractivity contribution in [3.8, 4) is 11.1 Å². The van der Waals surface area contributed by atoms with Crippen LogP contribution in [0.5, 0.6) is 0 Å². The summed E-state index contributed by atoms with van der Waals surface area (Å²) in [7, 11) is 0. The maximum atomic E-state index is 12.7. The quantitative estimate of drug-likeness (QED) is 0.279. The Bertz CT molecular complexity index is 1310. The van der Waals surface area contributed by atoms with Crippen LogP contribution in [-0.4, -0.2) is 50.3 Å². The van der Waals surface area contributed by atoms with Gasteiger partial charge in [0.2, 0.25) is 0 Å². The normalized spacial score (nSPS) is 22.4. The van der Waals surface area contributed by atoms with Gasteiger partial charge in [-0.15, -0.1) is 0 Å². The molecule has 6 rings (SSSR count). The Labute approximate surface area is 231 Å². The molecule has 0 saturated heterocycles. The third-order valence-electron chi connectivity index (χ3n) is 8.78. The van der Waals surface area contributed by atoms with Gasteiger partial charge in [0.1, 0.15) is 11.6 Å². The molecule has 3 aliphatic carbocycles. The SMILES string of the molecule is Cc1cc(-c2cnn3c(NCC4CCCCCC4)cc(N[C@H]4CCCC[C@@H]4O)nc23)ccc1C(=O)NC1CC1. The van der Waals surface area contributed by atoms with E-state index in [2.05, 4.69) is 22.0 Å². The first-order valence-corrected chi connectivity index (χ1v) is 15.0. The molecule has 39 heavy (non-hydrogen) atoms. The number of nitrogens with one attached hydrogen (secondary N) is 3. The Morgan fingerprint density at radius 3 is 2.51 bits per heavy atom. The minimum Gasteiger partial charge on any atom is -0.391 e. The molecule has 4 N–H and O–H groups in total. The Balaban J connectivity index is 1.31. The van der Waals surface area contributed by atoms with Crippen molar-refractivity contribution in [3.63, 3.8) is 0 Å². The van der Waals surface area contributed by atoms with E-state index < -0.39 is 0 Å². The summed E-state index contributed by atoms with van der Waals surface area (Å²) in [5.74, 6) is 2.34. The standard InChI is InChI=1S/C31H42N6O2/c1-20-16-22(12-15-24(20)31(39)34-23-13-14-23)25-19-33-37-29(32-18-21-8-4-2-3-5-9-21)17-28(36-30(25)37)35-26-10-6-7-11-27(26)38/h12,15-17,19,21,23,26-27,32,38H,2-11,13-14,18H2,1H3,(H,34,39)(H,35,36)/t26-,27-/m0/s1. The number of aliphatic hydroxyl groups excluding tert-OH is 1. The first-order chi connectivity index (χ1) is 19.0. The number of hydrogen-bond donors (Lipinski definition) is 4. The summed E-state index contributed by atoms with van der Waals surface area (Å²) in [4.78, 5) is 17.7. The Morgan fingerprint density at radius 1 is 1.00 bits per heavy atom. The maximum Gasteiger partial charge on any atom is 0.251 e. The lowest BCUT2D eigenvalue weighted by atomic mass is 9.92. The van der Waals surface area contributed by atoms with Crippen molar-refractivity contribution in [2.45, 2.75) is 102 Å². The highest BCUT2D eigenvalue weighted by atomic mass is 16.3. The minimum absolute atomic E-state index is 0.00119. The molecule has 2 heterocycles. The second-order valence-electron chi connectivity index (χ2n) is 11.9. The molecule has 8 nitrogen and oxygen atoms in total. The summed E-state index contributed by atoms with van der Waals surface area (Å²) in [6.45, 7) is 2.91. The highest BCUT2D eigenvalue weighted by molar-refractivity contribution is 5.97. The minimum atomic E-state index is -0.361. The van der Waals surface area contributed by atoms with Gasteiger partial charge in [-0.05, 0) is 68.6 Å². The molecule has 0 unspecified atom stereocenters. The van der Waals surface area contributed by atoms with E-state index in [-0.39, 0.29) is 18.1 Å². The number of nitrogens with zero attached hydrogens (tertiary/aromatic N) is 3. The third-order valence-corrected chi connectivity index (χ3v) is 8.78. The number of fused-ring (bicyclic) bond motifs is 1. The Kier molecular flexibility index (Phi) is 7.73. The van der Waals surface area contributed by atoms with Crippen molar-refractivity contribution in [1.82, 2.24) is 19.9 Å². The van der Waals surface area contributed by atoms with Crippen LogP contribution in [0.2, 0.25) is 0 Å². The Hall–Kier alpha value is -3.13. The van der Waals surface area contributed by atoms with Crippen molar-refractivity contribution in [2.75, 3.05) is 17.2 Å². The van der Waals surface area contributed by atoms with Crippen LogP contribution in [0.3, 0.4) is 0 Å². The molecule has 0 aliphatic heterocycles. The highest BCUT2D eigenvalue weighted by Gasteiger charge is 2.26. The zero-order valence-corrected chi connectivity index (χ0v) is 23.1. The van der Waals surface area contributed by atoms with Crippen molar-refractivity contribution in [3.05, 3.63) is 41.6 Å². The number of rotatable bonds is 8. The smallest absolute Gasteiger partial charge is 0.251 e. The lowest BCUT2D eigenvalue weighted by Gasteiger charge is -2.29. The highest BCUT2D eigenvalue weighted by Crippen LogP contribution is 2.31. The van der Waals surface area contributed by atoms with Crippen LogP contribution < -0.4 is 16.0 Å². The van der Waals surface area contributed by atoms with E-state index in [1.807, 2.05) is 35.8 Å². The molecule has 0 spiro atoms. The average molecular weight is 531 g/mol. The van der Waals surface area contributed by atoms with Gasteiger partial charge >= 0.3 is 0 Å². The molecule has 8 heteroatoms. The third kappa shape index (κ3) is 6.06. The number of anilines is 2. The van der Waals surface area contributed by atoms with Crippen molar-refractivity contribution >= 4 is 23.2 Å². The van der Waals surface area contributed by atoms with Crippen LogP contribution in [0.4, 0.5) is 11.6 Å². The Morgan fingerprint density at radius 2 is 1.77 bits per heavy atom. The molecule has 208 valence electrons. The van der Waals surface area contributed by atoms with E-state index >= 15 is 0 Å². The van der Waals surface area contributed by atoms with Crippen LogP contribution in [0.1, 0.15) is 93.0 Å². The van der Waals surface area contributed by atoms with E-state index in [4.69, 9.17) is 10.1 Å². The van der Waals surface area contributed by atoms with Gasteiger partial charge < -0.3 is 21.1 Å². The van der Waals surface area contributed by atoms with Crippen molar-refractivity contribution in [1.29, 1.82) is 0 Å². The summed E-state index contributed by atoms with van der Waals surface area (Å²) in [6, 6.07) is 8.34. The number of aliphatic hydroxyl groups is 1. The largest absolute Gasteiger partial charge is 0.391 e. The van der Waals surface area contributed by atoms with Crippen LogP contribution in [-0.2, 0) is 0 Å². The predicted molar refractivity (Wildman–Crippen MR) is 155 cm³/mol. The fraction of sp³-hybridized carbons (Fsp3) is 0.581. The number of aromatic nitrogens is 3. The molecule has 3 aromatic rings. The van der Waals surface area contributed by atoms with Crippen molar-refractivity contribution in [2.24, 2.45) is 5.92 Å². The molecule has 1 aromatic carbocycles. The molecule has 3 aliphatic rings. The van der Waals surface area contributed by atoms with E-state index in [9.17, 15) is 9.90 Å². The van der Waals surface area contributed by atoms with E-state index in [0.717, 1.165) is 84.6 Å². The van der Waals surface area contributed by atoms with Gasteiger partial charge in [-0.3, -0.25) is 4.79 Å². The topological polar surface area (TPSA) is 104 Å². The van der Waals surface area contributed by atoms with Gasteiger partial charge in [-0.1, -0.05) is 50.7 Å². The molecule has 1 amide bonds.